The van der Waals surface area contributed by atoms with Gasteiger partial charge in [0, 0.05) is 12.6 Å². The van der Waals surface area contributed by atoms with Gasteiger partial charge in [-0.05, 0) is 6.92 Å². The lowest BCUT2D eigenvalue weighted by atomic mass is 10.2. The second kappa shape index (κ2) is 14.2. The van der Waals surface area contributed by atoms with E-state index in [4.69, 9.17) is 4.74 Å². The van der Waals surface area contributed by atoms with Gasteiger partial charge in [-0.25, -0.2) is 0 Å². The van der Waals surface area contributed by atoms with Crippen LogP contribution < -0.4 is 5.32 Å². The van der Waals surface area contributed by atoms with Crippen molar-refractivity contribution in [2.75, 3.05) is 19.8 Å². The molecule has 0 saturated carbocycles. The quantitative estimate of drug-likeness (QED) is 0.637. The molecule has 0 aromatic rings. The van der Waals surface area contributed by atoms with E-state index in [1.54, 1.807) is 0 Å². The molecule has 13 heavy (non-hydrogen) atoms. The Hall–Kier alpha value is -0.340. The van der Waals surface area contributed by atoms with Crippen molar-refractivity contribution in [1.82, 2.24) is 5.32 Å². The zero-order valence-corrected chi connectivity index (χ0v) is 9.76. The molecule has 80 valence electrons. The molecule has 1 N–H and O–H groups in total. The predicted octanol–water partition coefficient (Wildman–Crippen LogP) is 2.60. The largest absolute Gasteiger partial charge is 0.378 e. The molecule has 0 radical (unpaired) electrons. The third-order valence-electron chi connectivity index (χ3n) is 1.38. The molecule has 1 atom stereocenters. The summed E-state index contributed by atoms with van der Waals surface area (Å²) in [5.74, 6) is 0. The molecule has 1 saturated heterocycles. The van der Waals surface area contributed by atoms with Crippen molar-refractivity contribution in [2.24, 2.45) is 0 Å². The lowest BCUT2D eigenvalue weighted by Crippen LogP contribution is -2.39. The number of rotatable bonds is 1. The molecule has 0 aromatic carbocycles. The van der Waals surface area contributed by atoms with Crippen molar-refractivity contribution in [1.29, 1.82) is 0 Å². The smallest absolute Gasteiger partial charge is 0.0656 e. The summed E-state index contributed by atoms with van der Waals surface area (Å²) in [5.41, 5.74) is 0. The first-order valence-electron chi connectivity index (χ1n) is 5.37. The van der Waals surface area contributed by atoms with Crippen molar-refractivity contribution in [2.45, 2.75) is 40.7 Å². The van der Waals surface area contributed by atoms with Crippen molar-refractivity contribution in [3.05, 3.63) is 12.2 Å². The highest BCUT2D eigenvalue weighted by Gasteiger charge is 2.07. The van der Waals surface area contributed by atoms with Crippen LogP contribution in [0.25, 0.3) is 0 Å². The summed E-state index contributed by atoms with van der Waals surface area (Å²) in [6.07, 6.45) is 4.17. The minimum atomic E-state index is 0.448. The van der Waals surface area contributed by atoms with E-state index in [1.807, 2.05) is 40.7 Å². The first-order chi connectivity index (χ1) is 6.43. The number of ether oxygens (including phenoxy) is 1. The molecule has 0 aliphatic carbocycles. The topological polar surface area (TPSA) is 21.3 Å². The van der Waals surface area contributed by atoms with Crippen molar-refractivity contribution < 1.29 is 4.74 Å². The van der Waals surface area contributed by atoms with Crippen LogP contribution in [0.5, 0.6) is 0 Å². The average molecular weight is 187 g/mol. The molecule has 1 aliphatic heterocycles. The summed E-state index contributed by atoms with van der Waals surface area (Å²) in [7, 11) is 0. The lowest BCUT2D eigenvalue weighted by Gasteiger charge is -2.20. The Morgan fingerprint density at radius 2 is 1.85 bits per heavy atom. The van der Waals surface area contributed by atoms with E-state index < -0.39 is 0 Å². The van der Waals surface area contributed by atoms with Crippen LogP contribution in [-0.4, -0.2) is 25.8 Å². The number of nitrogens with one attached hydrogen (secondary N) is 1. The fourth-order valence-corrected chi connectivity index (χ4v) is 0.942. The fraction of sp³-hybridized carbons (Fsp3) is 0.818. The minimum absolute atomic E-state index is 0.448. The Morgan fingerprint density at radius 3 is 2.23 bits per heavy atom. The Bertz CT molecular complexity index is 96.3. The zero-order chi connectivity index (χ0) is 10.5. The van der Waals surface area contributed by atoms with E-state index in [1.165, 1.54) is 0 Å². The number of hydrogen-bond acceptors (Lipinski definition) is 2. The van der Waals surface area contributed by atoms with Gasteiger partial charge in [0.15, 0.2) is 0 Å². The highest BCUT2D eigenvalue weighted by Crippen LogP contribution is 1.93. The Balaban J connectivity index is 0. The Morgan fingerprint density at radius 1 is 1.23 bits per heavy atom. The molecule has 0 aromatic heterocycles. The third-order valence-corrected chi connectivity index (χ3v) is 1.38. The predicted molar refractivity (Wildman–Crippen MR) is 60.1 cm³/mol. The Labute approximate surface area is 83.4 Å². The van der Waals surface area contributed by atoms with Gasteiger partial charge in [0.1, 0.15) is 0 Å². The molecular formula is C11H25NO. The van der Waals surface area contributed by atoms with Gasteiger partial charge in [-0.1, -0.05) is 39.8 Å². The molecule has 1 rings (SSSR count). The summed E-state index contributed by atoms with van der Waals surface area (Å²) in [4.78, 5) is 0. The van der Waals surface area contributed by atoms with Crippen LogP contribution in [0, 0.1) is 0 Å². The van der Waals surface area contributed by atoms with Crippen molar-refractivity contribution >= 4 is 0 Å². The SMILES string of the molecule is C/C=C\C1COCCN1.CC.CC. The molecular weight excluding hydrogens is 162 g/mol. The molecule has 2 nitrogen and oxygen atoms in total. The summed E-state index contributed by atoms with van der Waals surface area (Å²) >= 11 is 0. The van der Waals surface area contributed by atoms with Crippen molar-refractivity contribution in [3.8, 4) is 0 Å². The van der Waals surface area contributed by atoms with Gasteiger partial charge >= 0.3 is 0 Å². The zero-order valence-electron chi connectivity index (χ0n) is 9.76. The van der Waals surface area contributed by atoms with E-state index in [0.29, 0.717) is 6.04 Å². The van der Waals surface area contributed by atoms with Crippen LogP contribution in [0.2, 0.25) is 0 Å². The fourth-order valence-electron chi connectivity index (χ4n) is 0.942. The second-order valence-corrected chi connectivity index (χ2v) is 2.16. The summed E-state index contributed by atoms with van der Waals surface area (Å²) in [6.45, 7) is 12.7. The molecule has 1 aliphatic rings. The van der Waals surface area contributed by atoms with E-state index in [2.05, 4.69) is 11.4 Å². The van der Waals surface area contributed by atoms with Gasteiger partial charge in [-0.2, -0.15) is 0 Å². The first-order valence-corrected chi connectivity index (χ1v) is 5.37. The van der Waals surface area contributed by atoms with Gasteiger partial charge in [0.2, 0.25) is 0 Å². The maximum Gasteiger partial charge on any atom is 0.0656 e. The average Bonchev–Trinajstić information content (AvgIpc) is 2.26. The van der Waals surface area contributed by atoms with Gasteiger partial charge < -0.3 is 10.1 Å². The maximum atomic E-state index is 5.22. The van der Waals surface area contributed by atoms with Gasteiger partial charge in [0.25, 0.3) is 0 Å². The standard InChI is InChI=1S/C7H13NO.2C2H6/c1-2-3-7-6-9-5-4-8-7;2*1-2/h2-3,7-8H,4-6H2,1H3;2*1-2H3/b3-2-;;. The third kappa shape index (κ3) is 9.57. The minimum Gasteiger partial charge on any atom is -0.378 e. The summed E-state index contributed by atoms with van der Waals surface area (Å²) in [6, 6.07) is 0.448. The monoisotopic (exact) mass is 187 g/mol. The van der Waals surface area contributed by atoms with Crippen molar-refractivity contribution in [3.63, 3.8) is 0 Å². The van der Waals surface area contributed by atoms with Gasteiger partial charge in [0.05, 0.1) is 13.2 Å². The molecule has 2 heteroatoms. The van der Waals surface area contributed by atoms with Crippen LogP contribution in [0.3, 0.4) is 0 Å². The molecule has 1 fully saturated rings. The van der Waals surface area contributed by atoms with Crippen LogP contribution in [0.15, 0.2) is 12.2 Å². The number of morpholine rings is 1. The van der Waals surface area contributed by atoms with Gasteiger partial charge in [-0.15, -0.1) is 0 Å². The molecule has 1 unspecified atom stereocenters. The highest BCUT2D eigenvalue weighted by atomic mass is 16.5. The normalized spacial score (nSPS) is 21.2. The van der Waals surface area contributed by atoms with E-state index in [-0.39, 0.29) is 0 Å². The summed E-state index contributed by atoms with van der Waals surface area (Å²) in [5, 5.41) is 3.31. The van der Waals surface area contributed by atoms with Crippen LogP contribution in [-0.2, 0) is 4.74 Å². The maximum absolute atomic E-state index is 5.22. The van der Waals surface area contributed by atoms with E-state index >= 15 is 0 Å². The summed E-state index contributed by atoms with van der Waals surface area (Å²) < 4.78 is 5.22. The number of hydrogen-bond donors (Lipinski definition) is 1. The first kappa shape index (κ1) is 15.1. The molecule has 1 heterocycles. The molecule has 0 amide bonds. The highest BCUT2D eigenvalue weighted by molar-refractivity contribution is 4.92. The van der Waals surface area contributed by atoms with E-state index in [0.717, 1.165) is 19.8 Å². The lowest BCUT2D eigenvalue weighted by molar-refractivity contribution is 0.0901. The van der Waals surface area contributed by atoms with Crippen LogP contribution in [0.1, 0.15) is 34.6 Å². The van der Waals surface area contributed by atoms with Gasteiger partial charge in [-0.3, -0.25) is 0 Å². The van der Waals surface area contributed by atoms with E-state index in [9.17, 15) is 0 Å². The Kier molecular flexibility index (Phi) is 16.5. The number of allylic oxidation sites excluding steroid dienone is 1. The second-order valence-electron chi connectivity index (χ2n) is 2.16. The molecule has 0 bridgehead atoms. The molecule has 0 spiro atoms. The van der Waals surface area contributed by atoms with Crippen LogP contribution >= 0.6 is 0 Å². The van der Waals surface area contributed by atoms with Crippen LogP contribution in [0.4, 0.5) is 0 Å².